The van der Waals surface area contributed by atoms with Crippen molar-refractivity contribution in [1.82, 2.24) is 9.88 Å². The molecule has 3 nitrogen and oxygen atoms in total. The number of rotatable bonds is 8. The van der Waals surface area contributed by atoms with Gasteiger partial charge in [-0.15, -0.1) is 11.8 Å². The Hall–Kier alpha value is -1.36. The normalized spacial score (nSPS) is 17.5. The van der Waals surface area contributed by atoms with Crippen LogP contribution in [0.4, 0.5) is 0 Å². The molecular formula is C21H29N3S. The third-order valence-corrected chi connectivity index (χ3v) is 6.36. The van der Waals surface area contributed by atoms with Gasteiger partial charge in [-0.25, -0.2) is 0 Å². The average Bonchev–Trinajstić information content (AvgIpc) is 2.68. The molecule has 1 aromatic heterocycles. The average molecular weight is 356 g/mol. The number of nitrogens with two attached hydrogens (primary N) is 1. The molecule has 1 saturated heterocycles. The Balaban J connectivity index is 1.54. The number of piperidine rings is 1. The van der Waals surface area contributed by atoms with Crippen molar-refractivity contribution in [2.45, 2.75) is 24.5 Å². The summed E-state index contributed by atoms with van der Waals surface area (Å²) >= 11 is 2.03. The Morgan fingerprint density at radius 2 is 1.84 bits per heavy atom. The van der Waals surface area contributed by atoms with Gasteiger partial charge in [-0.3, -0.25) is 4.98 Å². The van der Waals surface area contributed by atoms with Gasteiger partial charge in [0.1, 0.15) is 0 Å². The number of pyridine rings is 1. The quantitative estimate of drug-likeness (QED) is 0.778. The van der Waals surface area contributed by atoms with E-state index in [0.717, 1.165) is 18.2 Å². The van der Waals surface area contributed by atoms with Crippen molar-refractivity contribution in [3.8, 4) is 0 Å². The number of nitrogens with zero attached hydrogens (tertiary/aromatic N) is 2. The first-order chi connectivity index (χ1) is 12.4. The predicted octanol–water partition coefficient (Wildman–Crippen LogP) is 3.97. The van der Waals surface area contributed by atoms with E-state index in [1.54, 1.807) is 0 Å². The summed E-state index contributed by atoms with van der Waals surface area (Å²) in [6, 6.07) is 15.0. The maximum atomic E-state index is 5.70. The zero-order chi connectivity index (χ0) is 17.3. The van der Waals surface area contributed by atoms with Crippen LogP contribution >= 0.6 is 11.8 Å². The van der Waals surface area contributed by atoms with Crippen LogP contribution < -0.4 is 5.73 Å². The first-order valence-corrected chi connectivity index (χ1v) is 10.4. The standard InChI is InChI=1S/C21H29N3S/c22-11-8-18-9-13-24(14-10-18)15-16-25-21(19-5-2-1-3-6-19)20-7-4-12-23-17-20/h1-7,12,17-18,21H,8-11,13-16,22H2. The van der Waals surface area contributed by atoms with Crippen LogP contribution in [0.25, 0.3) is 0 Å². The molecule has 1 aromatic carbocycles. The van der Waals surface area contributed by atoms with E-state index in [9.17, 15) is 0 Å². The first-order valence-electron chi connectivity index (χ1n) is 9.35. The molecular weight excluding hydrogens is 326 g/mol. The number of likely N-dealkylation sites (tertiary alicyclic amines) is 1. The number of aromatic nitrogens is 1. The molecule has 1 unspecified atom stereocenters. The maximum Gasteiger partial charge on any atom is 0.0562 e. The van der Waals surface area contributed by atoms with Crippen molar-refractivity contribution >= 4 is 11.8 Å². The van der Waals surface area contributed by atoms with Gasteiger partial charge in [-0.05, 0) is 62.0 Å². The van der Waals surface area contributed by atoms with Gasteiger partial charge in [0.2, 0.25) is 0 Å². The van der Waals surface area contributed by atoms with Crippen molar-refractivity contribution in [2.75, 3.05) is 31.9 Å². The number of thioether (sulfide) groups is 1. The molecule has 1 aliphatic rings. The molecule has 0 aliphatic carbocycles. The Kier molecular flexibility index (Phi) is 7.34. The number of benzene rings is 1. The Labute approximate surface area is 156 Å². The molecule has 2 N–H and O–H groups in total. The molecule has 4 heteroatoms. The first kappa shape index (κ1) is 18.4. The summed E-state index contributed by atoms with van der Waals surface area (Å²) in [7, 11) is 0. The molecule has 0 amide bonds. The molecule has 1 aliphatic heterocycles. The molecule has 2 aromatic rings. The lowest BCUT2D eigenvalue weighted by molar-refractivity contribution is 0.189. The zero-order valence-corrected chi connectivity index (χ0v) is 15.7. The fraction of sp³-hybridized carbons (Fsp3) is 0.476. The van der Waals surface area contributed by atoms with Crippen molar-refractivity contribution < 1.29 is 0 Å². The fourth-order valence-electron chi connectivity index (χ4n) is 3.58. The largest absolute Gasteiger partial charge is 0.330 e. The molecule has 25 heavy (non-hydrogen) atoms. The van der Waals surface area contributed by atoms with Gasteiger partial charge < -0.3 is 10.6 Å². The minimum absolute atomic E-state index is 0.365. The fourth-order valence-corrected chi connectivity index (χ4v) is 4.86. The van der Waals surface area contributed by atoms with Crippen LogP contribution in [0.5, 0.6) is 0 Å². The maximum absolute atomic E-state index is 5.70. The summed E-state index contributed by atoms with van der Waals surface area (Å²) < 4.78 is 0. The third-order valence-electron chi connectivity index (χ3n) is 5.06. The summed E-state index contributed by atoms with van der Waals surface area (Å²) in [5, 5.41) is 0.365. The Morgan fingerprint density at radius 1 is 1.08 bits per heavy atom. The van der Waals surface area contributed by atoms with E-state index in [0.29, 0.717) is 5.25 Å². The lowest BCUT2D eigenvalue weighted by Gasteiger charge is -2.32. The number of hydrogen-bond acceptors (Lipinski definition) is 4. The topological polar surface area (TPSA) is 42.1 Å². The van der Waals surface area contributed by atoms with E-state index < -0.39 is 0 Å². The molecule has 1 atom stereocenters. The van der Waals surface area contributed by atoms with Crippen LogP contribution in [0.15, 0.2) is 54.9 Å². The van der Waals surface area contributed by atoms with Crippen LogP contribution in [0, 0.1) is 5.92 Å². The highest BCUT2D eigenvalue weighted by Gasteiger charge is 2.19. The molecule has 0 radical (unpaired) electrons. The predicted molar refractivity (Wildman–Crippen MR) is 108 cm³/mol. The second kappa shape index (κ2) is 9.95. The third kappa shape index (κ3) is 5.56. The molecule has 1 fully saturated rings. The zero-order valence-electron chi connectivity index (χ0n) is 14.9. The van der Waals surface area contributed by atoms with E-state index >= 15 is 0 Å². The molecule has 0 spiro atoms. The SMILES string of the molecule is NCCC1CCN(CCSC(c2ccccc2)c2cccnc2)CC1. The van der Waals surface area contributed by atoms with Gasteiger partial charge in [-0.2, -0.15) is 0 Å². The lowest BCUT2D eigenvalue weighted by Crippen LogP contribution is -2.35. The van der Waals surface area contributed by atoms with Crippen LogP contribution in [0.1, 0.15) is 35.6 Å². The molecule has 2 heterocycles. The van der Waals surface area contributed by atoms with E-state index in [1.807, 2.05) is 30.2 Å². The summed E-state index contributed by atoms with van der Waals surface area (Å²) in [5.41, 5.74) is 8.35. The van der Waals surface area contributed by atoms with Crippen molar-refractivity contribution in [3.63, 3.8) is 0 Å². The number of hydrogen-bond donors (Lipinski definition) is 1. The van der Waals surface area contributed by atoms with Gasteiger partial charge in [0.15, 0.2) is 0 Å². The smallest absolute Gasteiger partial charge is 0.0562 e. The second-order valence-corrected chi connectivity index (χ2v) is 8.02. The van der Waals surface area contributed by atoms with Crippen LogP contribution in [0.3, 0.4) is 0 Å². The lowest BCUT2D eigenvalue weighted by atomic mass is 9.94. The molecule has 134 valence electrons. The van der Waals surface area contributed by atoms with E-state index in [2.05, 4.69) is 46.3 Å². The van der Waals surface area contributed by atoms with Crippen LogP contribution in [-0.4, -0.2) is 41.8 Å². The summed E-state index contributed by atoms with van der Waals surface area (Å²) in [6.45, 7) is 4.47. The highest BCUT2D eigenvalue weighted by atomic mass is 32.2. The Morgan fingerprint density at radius 3 is 2.52 bits per heavy atom. The van der Waals surface area contributed by atoms with Gasteiger partial charge >= 0.3 is 0 Å². The van der Waals surface area contributed by atoms with Gasteiger partial charge in [0, 0.05) is 24.7 Å². The van der Waals surface area contributed by atoms with E-state index in [1.165, 1.54) is 50.0 Å². The molecule has 0 saturated carbocycles. The molecule has 3 rings (SSSR count). The Bertz CT molecular complexity index is 558. The minimum atomic E-state index is 0.365. The van der Waals surface area contributed by atoms with Crippen LogP contribution in [0.2, 0.25) is 0 Å². The summed E-state index contributed by atoms with van der Waals surface area (Å²) in [6.07, 6.45) is 7.67. The monoisotopic (exact) mass is 355 g/mol. The highest BCUT2D eigenvalue weighted by molar-refractivity contribution is 7.99. The van der Waals surface area contributed by atoms with Crippen molar-refractivity contribution in [2.24, 2.45) is 11.7 Å². The van der Waals surface area contributed by atoms with Gasteiger partial charge in [0.05, 0.1) is 5.25 Å². The summed E-state index contributed by atoms with van der Waals surface area (Å²) in [5.74, 6) is 2.00. The van der Waals surface area contributed by atoms with Crippen LogP contribution in [-0.2, 0) is 0 Å². The van der Waals surface area contributed by atoms with Gasteiger partial charge in [0.25, 0.3) is 0 Å². The summed E-state index contributed by atoms with van der Waals surface area (Å²) in [4.78, 5) is 6.94. The molecule has 0 bridgehead atoms. The van der Waals surface area contributed by atoms with Crippen molar-refractivity contribution in [3.05, 3.63) is 66.0 Å². The minimum Gasteiger partial charge on any atom is -0.330 e. The van der Waals surface area contributed by atoms with E-state index in [-0.39, 0.29) is 0 Å². The highest BCUT2D eigenvalue weighted by Crippen LogP contribution is 2.35. The van der Waals surface area contributed by atoms with E-state index in [4.69, 9.17) is 5.73 Å². The second-order valence-electron chi connectivity index (χ2n) is 6.81. The van der Waals surface area contributed by atoms with Gasteiger partial charge in [-0.1, -0.05) is 36.4 Å². The van der Waals surface area contributed by atoms with Crippen molar-refractivity contribution in [1.29, 1.82) is 0 Å².